The van der Waals surface area contributed by atoms with Crippen LogP contribution in [0.3, 0.4) is 0 Å². The Bertz CT molecular complexity index is 518. The second-order valence-electron chi connectivity index (χ2n) is 4.30. The van der Waals surface area contributed by atoms with Crippen LogP contribution in [0.1, 0.15) is 11.1 Å². The van der Waals surface area contributed by atoms with Gasteiger partial charge < -0.3 is 0 Å². The van der Waals surface area contributed by atoms with E-state index in [0.29, 0.717) is 11.1 Å². The fraction of sp³-hybridized carbons (Fsp3) is 0.143. The summed E-state index contributed by atoms with van der Waals surface area (Å²) in [6, 6.07) is 14.4. The van der Waals surface area contributed by atoms with Crippen molar-refractivity contribution in [2.75, 3.05) is 0 Å². The van der Waals surface area contributed by atoms with Gasteiger partial charge in [-0.15, -0.1) is 0 Å². The molecule has 3 nitrogen and oxygen atoms in total. The van der Waals surface area contributed by atoms with Gasteiger partial charge in [-0.3, -0.25) is 0 Å². The Labute approximate surface area is 107 Å². The van der Waals surface area contributed by atoms with Crippen molar-refractivity contribution in [1.82, 2.24) is 0 Å². The van der Waals surface area contributed by atoms with Crippen molar-refractivity contribution < 1.29 is 14.3 Å². The summed E-state index contributed by atoms with van der Waals surface area (Å²) in [6.07, 6.45) is 0. The third-order valence-electron chi connectivity index (χ3n) is 2.80. The van der Waals surface area contributed by atoms with E-state index in [2.05, 4.69) is 0 Å². The zero-order valence-electron chi connectivity index (χ0n) is 10.4. The second kappa shape index (κ2) is 5.07. The third kappa shape index (κ3) is 2.70. The van der Waals surface area contributed by atoms with Crippen LogP contribution < -0.4 is 9.83 Å². The van der Waals surface area contributed by atoms with Crippen molar-refractivity contribution in [2.24, 2.45) is 0 Å². The Hall–Kier alpha value is -1.41. The number of para-hydroxylation sites is 1. The van der Waals surface area contributed by atoms with Gasteiger partial charge >= 0.3 is 107 Å². The van der Waals surface area contributed by atoms with Gasteiger partial charge in [0.15, 0.2) is 0 Å². The van der Waals surface area contributed by atoms with Crippen LogP contribution >= 0.6 is 7.94 Å². The molecule has 0 aromatic heterocycles. The van der Waals surface area contributed by atoms with Crippen molar-refractivity contribution in [3.63, 3.8) is 0 Å². The summed E-state index contributed by atoms with van der Waals surface area (Å²) >= 11 is 0. The van der Waals surface area contributed by atoms with Gasteiger partial charge in [-0.1, -0.05) is 0 Å². The van der Waals surface area contributed by atoms with Crippen molar-refractivity contribution in [3.8, 4) is 5.75 Å². The minimum absolute atomic E-state index is 0.438. The van der Waals surface area contributed by atoms with E-state index in [1.807, 2.05) is 38.1 Å². The van der Waals surface area contributed by atoms with Crippen molar-refractivity contribution in [1.29, 1.82) is 0 Å². The molecule has 0 atom stereocenters. The summed E-state index contributed by atoms with van der Waals surface area (Å²) in [6.45, 7) is 3.77. The van der Waals surface area contributed by atoms with E-state index in [1.165, 1.54) is 0 Å². The predicted octanol–water partition coefficient (Wildman–Crippen LogP) is 2.49. The molecule has 0 amide bonds. The number of hydrogen-bond acceptors (Lipinski definition) is 3. The SMILES string of the molecule is Cc1cccc(C)c1O[PH](O)(O)c1ccccc1. The summed E-state index contributed by atoms with van der Waals surface area (Å²) in [5, 5.41) is 0.438. The van der Waals surface area contributed by atoms with Gasteiger partial charge in [-0.2, -0.15) is 0 Å². The summed E-state index contributed by atoms with van der Waals surface area (Å²) in [5.74, 6) is 0.554. The summed E-state index contributed by atoms with van der Waals surface area (Å²) in [7, 11) is -3.88. The number of rotatable bonds is 3. The van der Waals surface area contributed by atoms with Crippen molar-refractivity contribution in [3.05, 3.63) is 59.7 Å². The fourth-order valence-electron chi connectivity index (χ4n) is 1.82. The number of aryl methyl sites for hydroxylation is 2. The first-order chi connectivity index (χ1) is 8.50. The summed E-state index contributed by atoms with van der Waals surface area (Å²) in [4.78, 5) is 20.3. The van der Waals surface area contributed by atoms with Crippen LogP contribution in [0.2, 0.25) is 0 Å². The molecule has 0 aliphatic rings. The monoisotopic (exact) mass is 264 g/mol. The average Bonchev–Trinajstić information content (AvgIpc) is 2.35. The van der Waals surface area contributed by atoms with E-state index in [1.54, 1.807) is 24.3 Å². The van der Waals surface area contributed by atoms with Crippen LogP contribution in [-0.2, 0) is 0 Å². The molecule has 0 aliphatic carbocycles. The first-order valence-corrected chi connectivity index (χ1v) is 7.56. The van der Waals surface area contributed by atoms with Gasteiger partial charge in [0.2, 0.25) is 0 Å². The normalized spacial score (nSPS) is 12.2. The molecule has 0 unspecified atom stereocenters. The molecule has 0 saturated carbocycles. The van der Waals surface area contributed by atoms with Crippen LogP contribution in [0.25, 0.3) is 0 Å². The Kier molecular flexibility index (Phi) is 3.67. The predicted molar refractivity (Wildman–Crippen MR) is 75.4 cm³/mol. The average molecular weight is 264 g/mol. The van der Waals surface area contributed by atoms with Crippen LogP contribution in [-0.4, -0.2) is 9.79 Å². The van der Waals surface area contributed by atoms with Crippen molar-refractivity contribution in [2.45, 2.75) is 13.8 Å². The van der Waals surface area contributed by atoms with Crippen LogP contribution in [0, 0.1) is 13.8 Å². The Balaban J connectivity index is 2.34. The molecule has 0 spiro atoms. The molecule has 18 heavy (non-hydrogen) atoms. The molecule has 2 N–H and O–H groups in total. The number of hydrogen-bond donors (Lipinski definition) is 2. The topological polar surface area (TPSA) is 49.7 Å². The molecular formula is C14H17O3P. The Morgan fingerprint density at radius 3 is 1.94 bits per heavy atom. The van der Waals surface area contributed by atoms with Crippen molar-refractivity contribution >= 4 is 13.2 Å². The number of benzene rings is 2. The van der Waals surface area contributed by atoms with E-state index in [-0.39, 0.29) is 0 Å². The maximum absolute atomic E-state index is 10.2. The Morgan fingerprint density at radius 1 is 0.833 bits per heavy atom. The first kappa shape index (κ1) is 13.0. The standard InChI is InChI=1S/C14H17O3P/c1-11-7-6-8-12(2)14(11)17-18(15,16)13-9-4-3-5-10-13/h3-10,15-16,18H,1-2H3. The van der Waals surface area contributed by atoms with E-state index >= 15 is 0 Å². The first-order valence-electron chi connectivity index (χ1n) is 5.76. The fourth-order valence-corrected chi connectivity index (χ4v) is 3.17. The zero-order chi connectivity index (χ0) is 13.2. The summed E-state index contributed by atoms with van der Waals surface area (Å²) in [5.41, 5.74) is 1.79. The van der Waals surface area contributed by atoms with Crippen LogP contribution in [0.4, 0.5) is 0 Å². The molecule has 0 aliphatic heterocycles. The quantitative estimate of drug-likeness (QED) is 0.837. The molecule has 0 bridgehead atoms. The maximum atomic E-state index is 10.2. The van der Waals surface area contributed by atoms with E-state index in [0.717, 1.165) is 11.1 Å². The molecule has 0 heterocycles. The van der Waals surface area contributed by atoms with Crippen LogP contribution in [0.5, 0.6) is 5.75 Å². The zero-order valence-corrected chi connectivity index (χ0v) is 11.4. The molecule has 2 aromatic carbocycles. The molecule has 0 saturated heterocycles. The molecule has 0 radical (unpaired) electrons. The van der Waals surface area contributed by atoms with Gasteiger partial charge in [0.05, 0.1) is 0 Å². The van der Waals surface area contributed by atoms with Gasteiger partial charge in [0, 0.05) is 0 Å². The van der Waals surface area contributed by atoms with Gasteiger partial charge in [-0.25, -0.2) is 0 Å². The summed E-state index contributed by atoms with van der Waals surface area (Å²) < 4.78 is 5.50. The molecule has 2 rings (SSSR count). The van der Waals surface area contributed by atoms with Gasteiger partial charge in [0.25, 0.3) is 0 Å². The van der Waals surface area contributed by atoms with E-state index in [9.17, 15) is 9.79 Å². The molecule has 4 heteroatoms. The van der Waals surface area contributed by atoms with E-state index < -0.39 is 7.94 Å². The van der Waals surface area contributed by atoms with E-state index in [4.69, 9.17) is 4.52 Å². The van der Waals surface area contributed by atoms with Gasteiger partial charge in [0.1, 0.15) is 0 Å². The molecule has 0 fully saturated rings. The molecule has 96 valence electrons. The third-order valence-corrected chi connectivity index (χ3v) is 4.38. The Morgan fingerprint density at radius 2 is 1.39 bits per heavy atom. The van der Waals surface area contributed by atoms with Gasteiger partial charge in [-0.05, 0) is 0 Å². The molecular weight excluding hydrogens is 247 g/mol. The second-order valence-corrected chi connectivity index (χ2v) is 6.30. The van der Waals surface area contributed by atoms with Crippen LogP contribution in [0.15, 0.2) is 48.5 Å². The molecule has 2 aromatic rings. The minimum atomic E-state index is -3.88.